The van der Waals surface area contributed by atoms with E-state index in [2.05, 4.69) is 10.2 Å². The van der Waals surface area contributed by atoms with Gasteiger partial charge in [-0.15, -0.1) is 5.10 Å². The lowest BCUT2D eigenvalue weighted by atomic mass is 10.2. The summed E-state index contributed by atoms with van der Waals surface area (Å²) in [6.07, 6.45) is 0. The topological polar surface area (TPSA) is 88.3 Å². The molecule has 1 aromatic heterocycles. The van der Waals surface area contributed by atoms with Crippen molar-refractivity contribution in [3.63, 3.8) is 0 Å². The maximum atomic E-state index is 11.0. The molecule has 0 aliphatic carbocycles. The van der Waals surface area contributed by atoms with Gasteiger partial charge < -0.3 is 14.6 Å². The molecule has 0 fully saturated rings. The second kappa shape index (κ2) is 8.59. The van der Waals surface area contributed by atoms with Crippen LogP contribution >= 0.6 is 11.8 Å². The Bertz CT molecular complexity index is 908. The van der Waals surface area contributed by atoms with Gasteiger partial charge in [0.2, 0.25) is 0 Å². The third-order valence-corrected chi connectivity index (χ3v) is 4.69. The first-order valence-corrected chi connectivity index (χ1v) is 9.33. The summed E-state index contributed by atoms with van der Waals surface area (Å²) in [6, 6.07) is 15.2. The third kappa shape index (κ3) is 4.40. The van der Waals surface area contributed by atoms with Crippen LogP contribution in [0.15, 0.2) is 53.7 Å². The lowest BCUT2D eigenvalue weighted by molar-refractivity contribution is -0.625. The summed E-state index contributed by atoms with van der Waals surface area (Å²) in [5, 5.41) is 16.9. The summed E-state index contributed by atoms with van der Waals surface area (Å²) in [5.74, 6) is 1.30. The van der Waals surface area contributed by atoms with Crippen LogP contribution in [0.25, 0.3) is 17.1 Å². The van der Waals surface area contributed by atoms with E-state index in [1.54, 1.807) is 7.11 Å². The van der Waals surface area contributed by atoms with E-state index in [1.165, 1.54) is 0 Å². The van der Waals surface area contributed by atoms with Crippen molar-refractivity contribution >= 4 is 17.7 Å². The lowest BCUT2D eigenvalue weighted by Gasteiger charge is -2.07. The fourth-order valence-electron chi connectivity index (χ4n) is 2.56. The minimum atomic E-state index is -0.896. The normalized spacial score (nSPS) is 10.6. The van der Waals surface area contributed by atoms with Gasteiger partial charge in [-0.1, -0.05) is 0 Å². The van der Waals surface area contributed by atoms with Crippen LogP contribution < -0.4 is 14.0 Å². The smallest absolute Gasteiger partial charge is 0.342 e. The minimum absolute atomic E-state index is 0.0794. The molecule has 0 radical (unpaired) electrons. The summed E-state index contributed by atoms with van der Waals surface area (Å²) < 4.78 is 12.6. The number of nitrogens with zero attached hydrogens (tertiary/aromatic N) is 2. The molecule has 2 aromatic carbocycles. The molecule has 0 bridgehead atoms. The molecule has 140 valence electrons. The van der Waals surface area contributed by atoms with E-state index in [4.69, 9.17) is 14.6 Å². The van der Waals surface area contributed by atoms with E-state index in [1.807, 2.05) is 60.0 Å². The van der Waals surface area contributed by atoms with Gasteiger partial charge in [0.1, 0.15) is 22.9 Å². The molecule has 3 aromatic rings. The Balaban J connectivity index is 2.03. The number of aliphatic carboxylic acids is 1. The van der Waals surface area contributed by atoms with Gasteiger partial charge in [-0.2, -0.15) is 4.57 Å². The van der Waals surface area contributed by atoms with Gasteiger partial charge in [0, 0.05) is 0 Å². The van der Waals surface area contributed by atoms with E-state index < -0.39 is 5.97 Å². The molecule has 27 heavy (non-hydrogen) atoms. The lowest BCUT2D eigenvalue weighted by Crippen LogP contribution is -2.34. The number of carboxylic acids is 1. The zero-order chi connectivity index (χ0) is 19.2. The van der Waals surface area contributed by atoms with Crippen LogP contribution in [0.5, 0.6) is 11.5 Å². The number of nitrogens with one attached hydrogen (secondary N) is 1. The molecule has 0 atom stereocenters. The fourth-order valence-corrected chi connectivity index (χ4v) is 3.25. The van der Waals surface area contributed by atoms with Crippen LogP contribution in [0, 0.1) is 0 Å². The number of rotatable bonds is 8. The predicted molar refractivity (Wildman–Crippen MR) is 102 cm³/mol. The molecule has 0 unspecified atom stereocenters. The van der Waals surface area contributed by atoms with Crippen molar-refractivity contribution in [3.8, 4) is 28.6 Å². The van der Waals surface area contributed by atoms with Crippen LogP contribution in [-0.2, 0) is 4.79 Å². The fraction of sp³-hybridized carbons (Fsp3) is 0.211. The van der Waals surface area contributed by atoms with E-state index in [9.17, 15) is 4.79 Å². The molecule has 0 saturated carbocycles. The Hall–Kier alpha value is -3.00. The number of carboxylic acid groups (broad SMARTS) is 1. The van der Waals surface area contributed by atoms with Gasteiger partial charge in [0.25, 0.3) is 5.82 Å². The predicted octanol–water partition coefficient (Wildman–Crippen LogP) is 2.94. The number of methoxy groups -OCH3 is 1. The molecule has 0 saturated heterocycles. The van der Waals surface area contributed by atoms with Gasteiger partial charge >= 0.3 is 11.1 Å². The number of aromatic amines is 1. The molecular formula is C19H20N3O4S+. The maximum absolute atomic E-state index is 11.0. The third-order valence-electron chi connectivity index (χ3n) is 3.77. The molecule has 2 N–H and O–H groups in total. The van der Waals surface area contributed by atoms with Gasteiger partial charge in [0.05, 0.1) is 24.4 Å². The van der Waals surface area contributed by atoms with Gasteiger partial charge in [-0.25, -0.2) is 0 Å². The standard InChI is InChI=1S/C19H19N3O4S/c1-3-26-16-10-6-14(7-11-16)22-18(13-4-8-15(25-2)9-5-13)20-21-19(22)27-12-17(23)24/h4-11H,3,12H2,1-2H3,(H,23,24)/p+1. The quantitative estimate of drug-likeness (QED) is 0.457. The highest BCUT2D eigenvalue weighted by Crippen LogP contribution is 2.23. The second-order valence-electron chi connectivity index (χ2n) is 5.53. The molecule has 3 rings (SSSR count). The van der Waals surface area contributed by atoms with Crippen LogP contribution in [-0.4, -0.2) is 40.7 Å². The molecule has 0 amide bonds. The number of hydrogen-bond donors (Lipinski definition) is 2. The van der Waals surface area contributed by atoms with Crippen LogP contribution in [0.1, 0.15) is 6.92 Å². The molecule has 0 aliphatic heterocycles. The Morgan fingerprint density at radius 3 is 2.41 bits per heavy atom. The number of aromatic nitrogens is 3. The number of hydrogen-bond acceptors (Lipinski definition) is 5. The number of benzene rings is 2. The molecular weight excluding hydrogens is 366 g/mol. The van der Waals surface area contributed by atoms with Crippen LogP contribution in [0.3, 0.4) is 0 Å². The van der Waals surface area contributed by atoms with Crippen LogP contribution in [0.4, 0.5) is 0 Å². The molecule has 7 nitrogen and oxygen atoms in total. The van der Waals surface area contributed by atoms with E-state index in [0.717, 1.165) is 40.3 Å². The number of thioether (sulfide) groups is 1. The highest BCUT2D eigenvalue weighted by Gasteiger charge is 2.24. The first-order valence-electron chi connectivity index (χ1n) is 8.35. The van der Waals surface area contributed by atoms with Crippen molar-refractivity contribution in [2.45, 2.75) is 12.1 Å². The summed E-state index contributed by atoms with van der Waals surface area (Å²) in [7, 11) is 1.62. The minimum Gasteiger partial charge on any atom is -0.497 e. The monoisotopic (exact) mass is 386 g/mol. The number of H-pyrrole nitrogens is 1. The molecule has 1 heterocycles. The average molecular weight is 386 g/mol. The van der Waals surface area contributed by atoms with E-state index in [0.29, 0.717) is 11.8 Å². The van der Waals surface area contributed by atoms with Gasteiger partial charge in [-0.3, -0.25) is 4.79 Å². The Morgan fingerprint density at radius 2 is 1.81 bits per heavy atom. The van der Waals surface area contributed by atoms with E-state index in [-0.39, 0.29) is 5.75 Å². The molecule has 0 aliphatic rings. The SMILES string of the molecule is CCOc1ccc(-[n+]2c(SCC(=O)O)n[nH]c2-c2ccc(OC)cc2)cc1. The summed E-state index contributed by atoms with van der Waals surface area (Å²) in [6.45, 7) is 2.52. The van der Waals surface area contributed by atoms with Crippen molar-refractivity contribution in [2.75, 3.05) is 19.5 Å². The van der Waals surface area contributed by atoms with E-state index >= 15 is 0 Å². The van der Waals surface area contributed by atoms with Crippen LogP contribution in [0.2, 0.25) is 0 Å². The number of ether oxygens (including phenoxy) is 2. The van der Waals surface area contributed by atoms with Gasteiger partial charge in [-0.05, 0) is 67.2 Å². The highest BCUT2D eigenvalue weighted by atomic mass is 32.2. The number of carbonyl (C=O) groups is 1. The molecule has 8 heteroatoms. The first-order chi connectivity index (χ1) is 13.1. The zero-order valence-corrected chi connectivity index (χ0v) is 15.8. The Labute approximate surface area is 161 Å². The molecule has 0 spiro atoms. The zero-order valence-electron chi connectivity index (χ0n) is 15.0. The average Bonchev–Trinajstić information content (AvgIpc) is 3.11. The van der Waals surface area contributed by atoms with Crippen molar-refractivity contribution < 1.29 is 23.9 Å². The van der Waals surface area contributed by atoms with Crippen molar-refractivity contribution in [3.05, 3.63) is 48.5 Å². The largest absolute Gasteiger partial charge is 0.497 e. The van der Waals surface area contributed by atoms with Gasteiger partial charge in [0.15, 0.2) is 0 Å². The summed E-state index contributed by atoms with van der Waals surface area (Å²) in [4.78, 5) is 11.0. The van der Waals surface area contributed by atoms with Crippen molar-refractivity contribution in [2.24, 2.45) is 0 Å². The second-order valence-corrected chi connectivity index (χ2v) is 6.47. The van der Waals surface area contributed by atoms with Crippen molar-refractivity contribution in [1.29, 1.82) is 0 Å². The maximum Gasteiger partial charge on any atom is 0.342 e. The summed E-state index contributed by atoms with van der Waals surface area (Å²) in [5.41, 5.74) is 1.75. The summed E-state index contributed by atoms with van der Waals surface area (Å²) >= 11 is 1.15. The first kappa shape index (κ1) is 18.8. The Kier molecular flexibility index (Phi) is 5.97. The Morgan fingerprint density at radius 1 is 1.15 bits per heavy atom. The van der Waals surface area contributed by atoms with Crippen molar-refractivity contribution in [1.82, 2.24) is 10.2 Å². The highest BCUT2D eigenvalue weighted by molar-refractivity contribution is 7.99.